The molecule has 0 radical (unpaired) electrons. The molecule has 1 amide bonds. The van der Waals surface area contributed by atoms with Crippen molar-refractivity contribution >= 4 is 5.91 Å². The van der Waals surface area contributed by atoms with Gasteiger partial charge in [0.1, 0.15) is 11.4 Å². The SMILES string of the molecule is CN1CCC2(CCN(C(=O)c3cc(-c4ccc(O)cc4)n[nH]3)CC2)C1. The van der Waals surface area contributed by atoms with E-state index in [9.17, 15) is 9.90 Å². The van der Waals surface area contributed by atoms with Gasteiger partial charge in [-0.2, -0.15) is 5.10 Å². The second-order valence-corrected chi connectivity index (χ2v) is 7.49. The lowest BCUT2D eigenvalue weighted by molar-refractivity contribution is 0.0588. The summed E-state index contributed by atoms with van der Waals surface area (Å²) in [4.78, 5) is 17.1. The van der Waals surface area contributed by atoms with Gasteiger partial charge in [-0.3, -0.25) is 9.89 Å². The van der Waals surface area contributed by atoms with Gasteiger partial charge in [0.05, 0.1) is 5.69 Å². The molecular weight excluding hydrogens is 316 g/mol. The van der Waals surface area contributed by atoms with Gasteiger partial charge in [-0.15, -0.1) is 0 Å². The number of aromatic nitrogens is 2. The van der Waals surface area contributed by atoms with E-state index in [0.717, 1.165) is 38.0 Å². The molecule has 0 bridgehead atoms. The summed E-state index contributed by atoms with van der Waals surface area (Å²) in [6.07, 6.45) is 3.42. The molecule has 6 heteroatoms. The fraction of sp³-hybridized carbons (Fsp3) is 0.474. The number of carbonyl (C=O) groups is 1. The molecule has 6 nitrogen and oxygen atoms in total. The van der Waals surface area contributed by atoms with Crippen molar-refractivity contribution in [2.24, 2.45) is 5.41 Å². The van der Waals surface area contributed by atoms with Gasteiger partial charge in [0.15, 0.2) is 0 Å². The minimum atomic E-state index is 0.0266. The van der Waals surface area contributed by atoms with Crippen LogP contribution in [-0.2, 0) is 0 Å². The van der Waals surface area contributed by atoms with Crippen LogP contribution in [0.4, 0.5) is 0 Å². The lowest BCUT2D eigenvalue weighted by atomic mass is 9.78. The third-order valence-corrected chi connectivity index (χ3v) is 5.71. The number of likely N-dealkylation sites (tertiary alicyclic amines) is 2. The van der Waals surface area contributed by atoms with Gasteiger partial charge in [0.25, 0.3) is 5.91 Å². The number of nitrogens with one attached hydrogen (secondary N) is 1. The standard InChI is InChI=1S/C19H24N4O2/c1-22-9-6-19(13-22)7-10-23(11-8-19)18(25)17-12-16(20-21-17)14-2-4-15(24)5-3-14/h2-5,12,24H,6-11,13H2,1H3,(H,20,21). The van der Waals surface area contributed by atoms with Crippen molar-refractivity contribution in [1.82, 2.24) is 20.0 Å². The molecule has 25 heavy (non-hydrogen) atoms. The smallest absolute Gasteiger partial charge is 0.271 e. The van der Waals surface area contributed by atoms with E-state index in [1.165, 1.54) is 13.0 Å². The van der Waals surface area contributed by atoms with Crippen molar-refractivity contribution in [3.8, 4) is 17.0 Å². The Labute approximate surface area is 147 Å². The van der Waals surface area contributed by atoms with Crippen molar-refractivity contribution < 1.29 is 9.90 Å². The van der Waals surface area contributed by atoms with E-state index in [1.54, 1.807) is 30.3 Å². The summed E-state index contributed by atoms with van der Waals surface area (Å²) >= 11 is 0. The van der Waals surface area contributed by atoms with Crippen molar-refractivity contribution in [1.29, 1.82) is 0 Å². The highest BCUT2D eigenvalue weighted by Gasteiger charge is 2.40. The Bertz CT molecular complexity index is 760. The van der Waals surface area contributed by atoms with Gasteiger partial charge in [-0.1, -0.05) is 0 Å². The second kappa shape index (κ2) is 6.19. The Morgan fingerprint density at radius 2 is 1.84 bits per heavy atom. The predicted molar refractivity (Wildman–Crippen MR) is 95.4 cm³/mol. The Morgan fingerprint density at radius 3 is 2.48 bits per heavy atom. The van der Waals surface area contributed by atoms with Crippen molar-refractivity contribution in [3.05, 3.63) is 36.0 Å². The van der Waals surface area contributed by atoms with Gasteiger partial charge < -0.3 is 14.9 Å². The van der Waals surface area contributed by atoms with E-state index in [1.807, 2.05) is 4.90 Å². The molecule has 2 aliphatic rings. The molecule has 0 unspecified atom stereocenters. The molecule has 1 spiro atoms. The van der Waals surface area contributed by atoms with Crippen LogP contribution in [-0.4, -0.2) is 64.2 Å². The highest BCUT2D eigenvalue weighted by atomic mass is 16.3. The molecule has 1 aromatic heterocycles. The van der Waals surface area contributed by atoms with Crippen molar-refractivity contribution in [2.45, 2.75) is 19.3 Å². The number of hydrogen-bond donors (Lipinski definition) is 2. The van der Waals surface area contributed by atoms with Crippen LogP contribution in [0.15, 0.2) is 30.3 Å². The number of H-pyrrole nitrogens is 1. The van der Waals surface area contributed by atoms with Gasteiger partial charge >= 0.3 is 0 Å². The van der Waals surface area contributed by atoms with E-state index in [0.29, 0.717) is 16.8 Å². The maximum Gasteiger partial charge on any atom is 0.271 e. The molecule has 2 aliphatic heterocycles. The van der Waals surface area contributed by atoms with Crippen LogP contribution >= 0.6 is 0 Å². The Kier molecular flexibility index (Phi) is 4.00. The van der Waals surface area contributed by atoms with Gasteiger partial charge in [0, 0.05) is 25.2 Å². The monoisotopic (exact) mass is 340 g/mol. The average molecular weight is 340 g/mol. The number of hydrogen-bond acceptors (Lipinski definition) is 4. The number of piperidine rings is 1. The third kappa shape index (κ3) is 3.14. The molecule has 1 aromatic carbocycles. The first-order valence-corrected chi connectivity index (χ1v) is 8.87. The van der Waals surface area contributed by atoms with E-state index in [-0.39, 0.29) is 11.7 Å². The molecule has 2 fully saturated rings. The topological polar surface area (TPSA) is 72.5 Å². The number of aromatic amines is 1. The zero-order valence-electron chi connectivity index (χ0n) is 14.5. The first-order valence-electron chi connectivity index (χ1n) is 8.87. The summed E-state index contributed by atoms with van der Waals surface area (Å²) in [5, 5.41) is 16.5. The lowest BCUT2D eigenvalue weighted by Crippen LogP contribution is -2.44. The summed E-state index contributed by atoms with van der Waals surface area (Å²) in [7, 11) is 2.18. The van der Waals surface area contributed by atoms with E-state index < -0.39 is 0 Å². The number of nitrogens with zero attached hydrogens (tertiary/aromatic N) is 3. The number of amides is 1. The number of aromatic hydroxyl groups is 1. The van der Waals surface area contributed by atoms with Crippen molar-refractivity contribution in [2.75, 3.05) is 33.2 Å². The molecule has 2 N–H and O–H groups in total. The van der Waals surface area contributed by atoms with Crippen LogP contribution in [0, 0.1) is 5.41 Å². The normalized spacial score (nSPS) is 20.3. The Morgan fingerprint density at radius 1 is 1.16 bits per heavy atom. The number of benzene rings is 1. The molecule has 3 heterocycles. The summed E-state index contributed by atoms with van der Waals surface area (Å²) < 4.78 is 0. The molecule has 0 atom stereocenters. The Hall–Kier alpha value is -2.34. The maximum absolute atomic E-state index is 12.8. The molecule has 0 aliphatic carbocycles. The Balaban J connectivity index is 1.43. The van der Waals surface area contributed by atoms with Gasteiger partial charge in [0.2, 0.25) is 0 Å². The second-order valence-electron chi connectivity index (χ2n) is 7.49. The zero-order chi connectivity index (χ0) is 17.4. The van der Waals surface area contributed by atoms with E-state index in [2.05, 4.69) is 22.1 Å². The zero-order valence-corrected chi connectivity index (χ0v) is 14.5. The van der Waals surface area contributed by atoms with E-state index in [4.69, 9.17) is 0 Å². The number of phenols is 1. The van der Waals surface area contributed by atoms with Crippen LogP contribution in [0.1, 0.15) is 29.8 Å². The highest BCUT2D eigenvalue weighted by molar-refractivity contribution is 5.93. The van der Waals surface area contributed by atoms with Gasteiger partial charge in [-0.05, 0) is 68.6 Å². The van der Waals surface area contributed by atoms with E-state index >= 15 is 0 Å². The summed E-state index contributed by atoms with van der Waals surface area (Å²) in [6, 6.07) is 8.62. The summed E-state index contributed by atoms with van der Waals surface area (Å²) in [5.74, 6) is 0.245. The molecule has 2 aromatic rings. The summed E-state index contributed by atoms with van der Waals surface area (Å²) in [6.45, 7) is 3.97. The van der Waals surface area contributed by atoms with Crippen LogP contribution < -0.4 is 0 Å². The quantitative estimate of drug-likeness (QED) is 0.880. The average Bonchev–Trinajstić information content (AvgIpc) is 3.23. The molecule has 4 rings (SSSR count). The highest BCUT2D eigenvalue weighted by Crippen LogP contribution is 2.40. The lowest BCUT2D eigenvalue weighted by Gasteiger charge is -2.39. The fourth-order valence-corrected chi connectivity index (χ4v) is 4.13. The van der Waals surface area contributed by atoms with Crippen LogP contribution in [0.2, 0.25) is 0 Å². The number of phenolic OH excluding ortho intramolecular Hbond substituents is 1. The van der Waals surface area contributed by atoms with Crippen LogP contribution in [0.3, 0.4) is 0 Å². The minimum absolute atomic E-state index is 0.0266. The first-order chi connectivity index (χ1) is 12.0. The maximum atomic E-state index is 12.8. The van der Waals surface area contributed by atoms with Gasteiger partial charge in [-0.25, -0.2) is 0 Å². The number of carbonyl (C=O) groups excluding carboxylic acids is 1. The molecule has 2 saturated heterocycles. The fourth-order valence-electron chi connectivity index (χ4n) is 4.13. The molecular formula is C19H24N4O2. The molecule has 132 valence electrons. The third-order valence-electron chi connectivity index (χ3n) is 5.71. The first kappa shape index (κ1) is 16.1. The minimum Gasteiger partial charge on any atom is -0.508 e. The summed E-state index contributed by atoms with van der Waals surface area (Å²) in [5.41, 5.74) is 2.54. The molecule has 0 saturated carbocycles. The van der Waals surface area contributed by atoms with Crippen LogP contribution in [0.5, 0.6) is 5.75 Å². The van der Waals surface area contributed by atoms with Crippen molar-refractivity contribution in [3.63, 3.8) is 0 Å². The number of rotatable bonds is 2. The predicted octanol–water partition coefficient (Wildman–Crippen LogP) is 2.34. The van der Waals surface area contributed by atoms with Crippen LogP contribution in [0.25, 0.3) is 11.3 Å². The largest absolute Gasteiger partial charge is 0.508 e.